The van der Waals surface area contributed by atoms with Crippen LogP contribution in [0.5, 0.6) is 5.88 Å². The number of ether oxygens (including phenoxy) is 1. The third kappa shape index (κ3) is 3.26. The summed E-state index contributed by atoms with van der Waals surface area (Å²) in [6.07, 6.45) is 1.68. The van der Waals surface area contributed by atoms with Crippen LogP contribution in [0.3, 0.4) is 0 Å². The molecule has 5 heteroatoms. The van der Waals surface area contributed by atoms with Crippen molar-refractivity contribution in [1.29, 1.82) is 0 Å². The minimum absolute atomic E-state index is 0. The van der Waals surface area contributed by atoms with Gasteiger partial charge in [-0.25, -0.2) is 4.98 Å². The van der Waals surface area contributed by atoms with E-state index in [2.05, 4.69) is 4.98 Å². The van der Waals surface area contributed by atoms with E-state index in [1.807, 2.05) is 12.1 Å². The van der Waals surface area contributed by atoms with Crippen LogP contribution in [0, 0.1) is 0 Å². The van der Waals surface area contributed by atoms with Gasteiger partial charge in [-0.15, -0.1) is 24.8 Å². The molecule has 70 valence electrons. The number of aromatic nitrogens is 1. The second-order valence-corrected chi connectivity index (χ2v) is 1.88. The lowest BCUT2D eigenvalue weighted by Crippen LogP contribution is -2.00. The Bertz CT molecular complexity index is 197. The number of pyridine rings is 1. The number of nitrogens with zero attached hydrogens (tertiary/aromatic N) is 1. The molecule has 0 saturated heterocycles. The van der Waals surface area contributed by atoms with Crippen molar-refractivity contribution in [2.45, 2.75) is 6.54 Å². The van der Waals surface area contributed by atoms with Gasteiger partial charge in [0, 0.05) is 18.3 Å². The third-order valence-corrected chi connectivity index (χ3v) is 1.26. The topological polar surface area (TPSA) is 48.1 Å². The molecule has 12 heavy (non-hydrogen) atoms. The molecule has 1 aromatic heterocycles. The summed E-state index contributed by atoms with van der Waals surface area (Å²) >= 11 is 0. The Morgan fingerprint density at radius 1 is 1.50 bits per heavy atom. The van der Waals surface area contributed by atoms with E-state index in [4.69, 9.17) is 10.5 Å². The molecule has 0 aliphatic heterocycles. The lowest BCUT2D eigenvalue weighted by molar-refractivity contribution is 0.392. The zero-order valence-corrected chi connectivity index (χ0v) is 8.32. The van der Waals surface area contributed by atoms with Crippen LogP contribution in [-0.4, -0.2) is 12.1 Å². The van der Waals surface area contributed by atoms with E-state index < -0.39 is 0 Å². The number of nitrogens with two attached hydrogens (primary N) is 1. The van der Waals surface area contributed by atoms with Gasteiger partial charge in [0.15, 0.2) is 0 Å². The molecule has 0 bridgehead atoms. The second-order valence-electron chi connectivity index (χ2n) is 1.88. The second kappa shape index (κ2) is 7.16. The average Bonchev–Trinajstić information content (AvgIpc) is 2.04. The third-order valence-electron chi connectivity index (χ3n) is 1.26. The normalized spacial score (nSPS) is 7.83. The SMILES string of the molecule is COc1ncccc1CN.Cl.Cl. The van der Waals surface area contributed by atoms with Gasteiger partial charge in [0.05, 0.1) is 7.11 Å². The van der Waals surface area contributed by atoms with E-state index in [9.17, 15) is 0 Å². The molecular weight excluding hydrogens is 199 g/mol. The van der Waals surface area contributed by atoms with E-state index in [0.717, 1.165) is 5.56 Å². The number of hydrogen-bond donors (Lipinski definition) is 1. The van der Waals surface area contributed by atoms with E-state index >= 15 is 0 Å². The molecule has 0 aliphatic rings. The highest BCUT2D eigenvalue weighted by Gasteiger charge is 1.97. The monoisotopic (exact) mass is 210 g/mol. The minimum Gasteiger partial charge on any atom is -0.481 e. The van der Waals surface area contributed by atoms with Crippen molar-refractivity contribution < 1.29 is 4.74 Å². The van der Waals surface area contributed by atoms with E-state index in [0.29, 0.717) is 12.4 Å². The van der Waals surface area contributed by atoms with Gasteiger partial charge in [-0.1, -0.05) is 6.07 Å². The van der Waals surface area contributed by atoms with Gasteiger partial charge >= 0.3 is 0 Å². The minimum atomic E-state index is 0. The van der Waals surface area contributed by atoms with Crippen LogP contribution in [-0.2, 0) is 6.54 Å². The fraction of sp³-hybridized carbons (Fsp3) is 0.286. The van der Waals surface area contributed by atoms with Crippen LogP contribution in [0.2, 0.25) is 0 Å². The quantitative estimate of drug-likeness (QED) is 0.804. The summed E-state index contributed by atoms with van der Waals surface area (Å²) < 4.78 is 4.95. The largest absolute Gasteiger partial charge is 0.481 e. The molecule has 0 atom stereocenters. The van der Waals surface area contributed by atoms with Crippen LogP contribution < -0.4 is 10.5 Å². The van der Waals surface area contributed by atoms with Crippen LogP contribution in [0.1, 0.15) is 5.56 Å². The summed E-state index contributed by atoms with van der Waals surface area (Å²) in [7, 11) is 1.58. The van der Waals surface area contributed by atoms with Crippen LogP contribution in [0.15, 0.2) is 18.3 Å². The lowest BCUT2D eigenvalue weighted by Gasteiger charge is -2.02. The first-order valence-electron chi connectivity index (χ1n) is 3.06. The van der Waals surface area contributed by atoms with E-state index in [-0.39, 0.29) is 24.8 Å². The summed E-state index contributed by atoms with van der Waals surface area (Å²) in [4.78, 5) is 3.97. The summed E-state index contributed by atoms with van der Waals surface area (Å²) in [6, 6.07) is 3.73. The van der Waals surface area contributed by atoms with Crippen molar-refractivity contribution in [2.24, 2.45) is 5.73 Å². The van der Waals surface area contributed by atoms with Gasteiger partial charge in [-0.05, 0) is 6.07 Å². The molecule has 0 amide bonds. The van der Waals surface area contributed by atoms with Crippen molar-refractivity contribution in [3.05, 3.63) is 23.9 Å². The van der Waals surface area contributed by atoms with Crippen LogP contribution in [0.4, 0.5) is 0 Å². The number of methoxy groups -OCH3 is 1. The van der Waals surface area contributed by atoms with Crippen molar-refractivity contribution >= 4 is 24.8 Å². The molecule has 0 fully saturated rings. The van der Waals surface area contributed by atoms with Gasteiger partial charge in [-0.2, -0.15) is 0 Å². The van der Waals surface area contributed by atoms with Crippen molar-refractivity contribution in [2.75, 3.05) is 7.11 Å². The van der Waals surface area contributed by atoms with Gasteiger partial charge in [0.1, 0.15) is 0 Å². The Morgan fingerprint density at radius 2 is 2.17 bits per heavy atom. The summed E-state index contributed by atoms with van der Waals surface area (Å²) in [5, 5.41) is 0. The number of hydrogen-bond acceptors (Lipinski definition) is 3. The van der Waals surface area contributed by atoms with E-state index in [1.165, 1.54) is 0 Å². The molecule has 1 heterocycles. The van der Waals surface area contributed by atoms with Crippen LogP contribution in [0.25, 0.3) is 0 Å². The summed E-state index contributed by atoms with van der Waals surface area (Å²) in [6.45, 7) is 0.469. The Balaban J connectivity index is 0. The maximum Gasteiger partial charge on any atom is 0.217 e. The molecule has 2 N–H and O–H groups in total. The Morgan fingerprint density at radius 3 is 2.58 bits per heavy atom. The Hall–Kier alpha value is -0.510. The molecule has 0 unspecified atom stereocenters. The highest BCUT2D eigenvalue weighted by Crippen LogP contribution is 2.11. The van der Waals surface area contributed by atoms with Crippen LogP contribution >= 0.6 is 24.8 Å². The smallest absolute Gasteiger partial charge is 0.217 e. The molecular formula is C7H12Cl2N2O. The van der Waals surface area contributed by atoms with Crippen molar-refractivity contribution in [3.8, 4) is 5.88 Å². The first-order chi connectivity index (χ1) is 4.88. The summed E-state index contributed by atoms with van der Waals surface area (Å²) in [5.41, 5.74) is 6.34. The molecule has 0 radical (unpaired) electrons. The molecule has 1 aromatic rings. The Labute approximate surface area is 84.1 Å². The fourth-order valence-corrected chi connectivity index (χ4v) is 0.763. The maximum atomic E-state index is 5.41. The highest BCUT2D eigenvalue weighted by atomic mass is 35.5. The standard InChI is InChI=1S/C7H10N2O.2ClH/c1-10-7-6(5-8)3-2-4-9-7;;/h2-4H,5,8H2,1H3;2*1H. The molecule has 0 aliphatic carbocycles. The highest BCUT2D eigenvalue weighted by molar-refractivity contribution is 5.85. The van der Waals surface area contributed by atoms with Gasteiger partial charge < -0.3 is 10.5 Å². The molecule has 1 rings (SSSR count). The van der Waals surface area contributed by atoms with Gasteiger partial charge in [-0.3, -0.25) is 0 Å². The first-order valence-corrected chi connectivity index (χ1v) is 3.06. The predicted molar refractivity (Wildman–Crippen MR) is 53.2 cm³/mol. The molecule has 0 saturated carbocycles. The van der Waals surface area contributed by atoms with Crippen molar-refractivity contribution in [1.82, 2.24) is 4.98 Å². The molecule has 3 nitrogen and oxygen atoms in total. The number of rotatable bonds is 2. The lowest BCUT2D eigenvalue weighted by atomic mass is 10.3. The maximum absolute atomic E-state index is 5.41. The van der Waals surface area contributed by atoms with Gasteiger partial charge in [0.2, 0.25) is 5.88 Å². The molecule has 0 aromatic carbocycles. The summed E-state index contributed by atoms with van der Waals surface area (Å²) in [5.74, 6) is 0.616. The van der Waals surface area contributed by atoms with E-state index in [1.54, 1.807) is 13.3 Å². The zero-order valence-electron chi connectivity index (χ0n) is 6.69. The predicted octanol–water partition coefficient (Wildman–Crippen LogP) is 1.39. The van der Waals surface area contributed by atoms with Gasteiger partial charge in [0.25, 0.3) is 0 Å². The fourth-order valence-electron chi connectivity index (χ4n) is 0.763. The Kier molecular flexibility index (Phi) is 8.37. The first kappa shape index (κ1) is 14.0. The molecule has 0 spiro atoms. The van der Waals surface area contributed by atoms with Crippen molar-refractivity contribution in [3.63, 3.8) is 0 Å². The average molecular weight is 211 g/mol. The zero-order chi connectivity index (χ0) is 7.40. The number of halogens is 2.